The Morgan fingerprint density at radius 2 is 2.12 bits per heavy atom. The van der Waals surface area contributed by atoms with E-state index >= 15 is 0 Å². The van der Waals surface area contributed by atoms with Crippen molar-refractivity contribution >= 4 is 44.1 Å². The second kappa shape index (κ2) is 10.1. The number of sulfonamides is 1. The molecule has 1 aromatic carbocycles. The Morgan fingerprint density at radius 3 is 2.84 bits per heavy atom. The van der Waals surface area contributed by atoms with Crippen LogP contribution in [0.1, 0.15) is 17.8 Å². The van der Waals surface area contributed by atoms with Gasteiger partial charge in [-0.1, -0.05) is 23.7 Å². The first-order valence-corrected chi connectivity index (χ1v) is 13.5. The first kappa shape index (κ1) is 23.6. The van der Waals surface area contributed by atoms with Gasteiger partial charge in [0.2, 0.25) is 10.0 Å². The van der Waals surface area contributed by atoms with Crippen LogP contribution in [-0.4, -0.2) is 66.4 Å². The maximum Gasteiger partial charge on any atom is 0.211 e. The van der Waals surface area contributed by atoms with Crippen LogP contribution in [-0.2, 0) is 32.6 Å². The lowest BCUT2D eigenvalue weighted by Crippen LogP contribution is -2.32. The number of methoxy groups -OCH3 is 1. The van der Waals surface area contributed by atoms with Gasteiger partial charge < -0.3 is 14.0 Å². The summed E-state index contributed by atoms with van der Waals surface area (Å²) >= 11 is 7.80. The van der Waals surface area contributed by atoms with Crippen molar-refractivity contribution < 1.29 is 17.9 Å². The molecular weight excluding hydrogens is 472 g/mol. The van der Waals surface area contributed by atoms with Crippen LogP contribution < -0.4 is 0 Å². The van der Waals surface area contributed by atoms with Crippen LogP contribution in [0, 0.1) is 5.92 Å². The average Bonchev–Trinajstić information content (AvgIpc) is 3.36. The number of aromatic nitrogens is 3. The summed E-state index contributed by atoms with van der Waals surface area (Å²) in [6.45, 7) is 3.20. The van der Waals surface area contributed by atoms with Crippen LogP contribution in [0.2, 0.25) is 5.02 Å². The highest BCUT2D eigenvalue weighted by atomic mass is 35.5. The first-order chi connectivity index (χ1) is 15.4. The molecular formula is C21H27ClN4O4S2. The summed E-state index contributed by atoms with van der Waals surface area (Å²) < 4.78 is 42.9. The van der Waals surface area contributed by atoms with E-state index in [1.807, 2.05) is 18.2 Å². The van der Waals surface area contributed by atoms with Crippen molar-refractivity contribution in [2.45, 2.75) is 25.9 Å². The zero-order valence-corrected chi connectivity index (χ0v) is 20.5. The van der Waals surface area contributed by atoms with Gasteiger partial charge in [0.1, 0.15) is 5.01 Å². The predicted molar refractivity (Wildman–Crippen MR) is 127 cm³/mol. The van der Waals surface area contributed by atoms with Gasteiger partial charge in [0.15, 0.2) is 5.82 Å². The number of benzene rings is 1. The van der Waals surface area contributed by atoms with E-state index in [0.29, 0.717) is 28.4 Å². The molecule has 2 aromatic heterocycles. The lowest BCUT2D eigenvalue weighted by Gasteiger charge is -2.23. The largest absolute Gasteiger partial charge is 0.383 e. The van der Waals surface area contributed by atoms with Crippen molar-refractivity contribution in [2.24, 2.45) is 5.92 Å². The molecule has 0 amide bonds. The molecule has 11 heteroatoms. The molecule has 0 saturated carbocycles. The van der Waals surface area contributed by atoms with Crippen LogP contribution in [0.25, 0.3) is 22.3 Å². The number of para-hydroxylation sites is 1. The minimum Gasteiger partial charge on any atom is -0.383 e. The van der Waals surface area contributed by atoms with Gasteiger partial charge in [-0.3, -0.25) is 0 Å². The Kier molecular flexibility index (Phi) is 7.48. The molecule has 4 rings (SSSR count). The maximum absolute atomic E-state index is 12.1. The number of hydrogen-bond acceptors (Lipinski definition) is 7. The third-order valence-corrected chi connectivity index (χ3v) is 7.93. The molecule has 0 radical (unpaired) electrons. The Bertz CT molecular complexity index is 1170. The van der Waals surface area contributed by atoms with Gasteiger partial charge in [0.25, 0.3) is 0 Å². The van der Waals surface area contributed by atoms with Crippen molar-refractivity contribution in [2.75, 3.05) is 39.7 Å². The lowest BCUT2D eigenvalue weighted by atomic mass is 10.0. The highest BCUT2D eigenvalue weighted by Gasteiger charge is 2.22. The third kappa shape index (κ3) is 5.32. The molecule has 1 fully saturated rings. The van der Waals surface area contributed by atoms with Crippen molar-refractivity contribution in [1.82, 2.24) is 18.2 Å². The molecule has 0 aliphatic carbocycles. The number of fused-ring (bicyclic) bond motifs is 1. The summed E-state index contributed by atoms with van der Waals surface area (Å²) in [5.41, 5.74) is 1.88. The van der Waals surface area contributed by atoms with E-state index in [9.17, 15) is 8.42 Å². The molecule has 1 aliphatic heterocycles. The summed E-state index contributed by atoms with van der Waals surface area (Å²) in [6.07, 6.45) is 5.32. The number of halogens is 1. The average molecular weight is 499 g/mol. The number of hydrogen-bond donors (Lipinski definition) is 0. The van der Waals surface area contributed by atoms with Crippen molar-refractivity contribution in [3.63, 3.8) is 0 Å². The summed E-state index contributed by atoms with van der Waals surface area (Å²) in [4.78, 5) is 4.67. The molecule has 3 heterocycles. The summed E-state index contributed by atoms with van der Waals surface area (Å²) in [5.74, 6) is 1.12. The van der Waals surface area contributed by atoms with Gasteiger partial charge in [0.05, 0.1) is 29.9 Å². The smallest absolute Gasteiger partial charge is 0.211 e. The highest BCUT2D eigenvalue weighted by Crippen LogP contribution is 2.35. The third-order valence-electron chi connectivity index (χ3n) is 5.68. The van der Waals surface area contributed by atoms with Gasteiger partial charge in [-0.2, -0.15) is 8.68 Å². The lowest BCUT2D eigenvalue weighted by molar-refractivity contribution is 0.0616. The van der Waals surface area contributed by atoms with E-state index in [-0.39, 0.29) is 13.1 Å². The topological polar surface area (TPSA) is 86.5 Å². The standard InChI is InChI=1S/C21H27ClN4O4S2/c1-29-11-8-26(32(2,27)28)14-19-23-21(24-31-19)17-13-25(12-15-6-9-30-10-7-15)20-16(17)4-3-5-18(20)22/h3-5,13,15H,6-12,14H2,1-2H3. The molecule has 174 valence electrons. The molecule has 0 atom stereocenters. The molecule has 32 heavy (non-hydrogen) atoms. The molecule has 0 N–H and O–H groups in total. The van der Waals surface area contributed by atoms with Crippen molar-refractivity contribution in [3.05, 3.63) is 34.4 Å². The quantitative estimate of drug-likeness (QED) is 0.447. The zero-order valence-electron chi connectivity index (χ0n) is 18.2. The molecule has 0 unspecified atom stereocenters. The van der Waals surface area contributed by atoms with Crippen LogP contribution in [0.3, 0.4) is 0 Å². The second-order valence-corrected chi connectivity index (χ2v) is 11.2. The van der Waals surface area contributed by atoms with Crippen LogP contribution >= 0.6 is 23.1 Å². The van der Waals surface area contributed by atoms with Crippen LogP contribution in [0.4, 0.5) is 0 Å². The van der Waals surface area contributed by atoms with Gasteiger partial charge >= 0.3 is 0 Å². The fourth-order valence-corrected chi connectivity index (χ4v) is 5.78. The fourth-order valence-electron chi connectivity index (χ4n) is 3.98. The summed E-state index contributed by atoms with van der Waals surface area (Å²) in [7, 11) is -1.84. The SMILES string of the molecule is COCCN(Cc1nc(-c2cn(CC3CCOCC3)c3c(Cl)cccc23)ns1)S(C)(=O)=O. The summed E-state index contributed by atoms with van der Waals surface area (Å²) in [6, 6.07) is 5.85. The minimum atomic E-state index is -3.38. The molecule has 3 aromatic rings. The fraction of sp³-hybridized carbons (Fsp3) is 0.524. The van der Waals surface area contributed by atoms with Gasteiger partial charge in [-0.15, -0.1) is 0 Å². The van der Waals surface area contributed by atoms with E-state index in [2.05, 4.69) is 20.1 Å². The zero-order chi connectivity index (χ0) is 22.7. The maximum atomic E-state index is 12.1. The van der Waals surface area contributed by atoms with Crippen molar-refractivity contribution in [1.29, 1.82) is 0 Å². The van der Waals surface area contributed by atoms with E-state index < -0.39 is 10.0 Å². The van der Waals surface area contributed by atoms with Gasteiger partial charge in [0, 0.05) is 50.6 Å². The van der Waals surface area contributed by atoms with E-state index in [1.165, 1.54) is 22.1 Å². The number of nitrogens with zero attached hydrogens (tertiary/aromatic N) is 4. The molecule has 8 nitrogen and oxygen atoms in total. The Labute approximate surface area is 197 Å². The first-order valence-electron chi connectivity index (χ1n) is 10.5. The van der Waals surface area contributed by atoms with E-state index in [4.69, 9.17) is 21.1 Å². The highest BCUT2D eigenvalue weighted by molar-refractivity contribution is 7.88. The van der Waals surface area contributed by atoms with Crippen LogP contribution in [0.5, 0.6) is 0 Å². The van der Waals surface area contributed by atoms with Gasteiger partial charge in [-0.05, 0) is 36.4 Å². The van der Waals surface area contributed by atoms with Crippen molar-refractivity contribution in [3.8, 4) is 11.4 Å². The molecule has 1 saturated heterocycles. The Morgan fingerprint density at radius 1 is 1.34 bits per heavy atom. The Hall–Kier alpha value is -1.56. The van der Waals surface area contributed by atoms with Gasteiger partial charge in [-0.25, -0.2) is 13.4 Å². The minimum absolute atomic E-state index is 0.168. The number of rotatable bonds is 9. The predicted octanol–water partition coefficient (Wildman–Crippen LogP) is 3.65. The second-order valence-electron chi connectivity index (χ2n) is 7.99. The molecule has 0 bridgehead atoms. The molecule has 0 spiro atoms. The normalized spacial score (nSPS) is 15.8. The number of ether oxygens (including phenoxy) is 2. The van der Waals surface area contributed by atoms with E-state index in [1.54, 1.807) is 7.11 Å². The molecule has 1 aliphatic rings. The summed E-state index contributed by atoms with van der Waals surface area (Å²) in [5, 5.41) is 2.32. The van der Waals surface area contributed by atoms with Crippen LogP contribution in [0.15, 0.2) is 24.4 Å². The monoisotopic (exact) mass is 498 g/mol. The van der Waals surface area contributed by atoms with E-state index in [0.717, 1.165) is 49.1 Å². The Balaban J connectivity index is 1.64.